The first-order chi connectivity index (χ1) is 16.4. The molecule has 1 saturated heterocycles. The predicted octanol–water partition coefficient (Wildman–Crippen LogP) is 5.91. The molecule has 1 amide bonds. The molecule has 0 saturated carbocycles. The first kappa shape index (κ1) is 25.1. The Labute approximate surface area is 212 Å². The monoisotopic (exact) mass is 521 g/mol. The van der Waals surface area contributed by atoms with Gasteiger partial charge >= 0.3 is 6.09 Å². The number of ether oxygens (including phenoxy) is 2. The second-order valence-corrected chi connectivity index (χ2v) is 10.2. The largest absolute Gasteiger partial charge is 0.485 e. The summed E-state index contributed by atoms with van der Waals surface area (Å²) in [5.74, 6) is 0.0925. The fourth-order valence-electron chi connectivity index (χ4n) is 3.71. The number of nitrogen functional groups attached to an aromatic ring is 1. The minimum Gasteiger partial charge on any atom is -0.485 e. The van der Waals surface area contributed by atoms with Crippen LogP contribution in [0.5, 0.6) is 5.75 Å². The number of hydrogen-bond acceptors (Lipinski definition) is 6. The Morgan fingerprint density at radius 2 is 1.97 bits per heavy atom. The van der Waals surface area contributed by atoms with Crippen LogP contribution in [-0.2, 0) is 4.74 Å². The Hall–Kier alpha value is -3.04. The molecule has 3 aromatic rings. The van der Waals surface area contributed by atoms with Gasteiger partial charge in [0.1, 0.15) is 29.1 Å². The Morgan fingerprint density at radius 1 is 1.26 bits per heavy atom. The molecule has 11 heteroatoms. The number of carbonyl (C=O) groups is 1. The van der Waals surface area contributed by atoms with Crippen LogP contribution in [0.3, 0.4) is 0 Å². The van der Waals surface area contributed by atoms with Gasteiger partial charge in [0.2, 0.25) is 0 Å². The maximum atomic E-state index is 14.0. The summed E-state index contributed by atoms with van der Waals surface area (Å²) in [6.07, 6.45) is 4.10. The normalized spacial score (nSPS) is 15.0. The number of amides is 1. The highest BCUT2D eigenvalue weighted by Crippen LogP contribution is 2.38. The molecule has 1 fully saturated rings. The Morgan fingerprint density at radius 3 is 2.66 bits per heavy atom. The summed E-state index contributed by atoms with van der Waals surface area (Å²) in [4.78, 5) is 18.0. The summed E-state index contributed by atoms with van der Waals surface area (Å²) in [5.41, 5.74) is 7.08. The number of anilines is 1. The molecule has 3 heterocycles. The first-order valence-corrected chi connectivity index (χ1v) is 11.8. The molecule has 1 aromatic carbocycles. The number of nitrogens with two attached hydrogens (primary N) is 1. The number of nitrogens with zero attached hydrogens (tertiary/aromatic N) is 4. The van der Waals surface area contributed by atoms with Crippen LogP contribution in [0.2, 0.25) is 10.0 Å². The van der Waals surface area contributed by atoms with E-state index in [1.54, 1.807) is 35.0 Å². The molecular weight excluding hydrogens is 496 g/mol. The molecule has 1 unspecified atom stereocenters. The van der Waals surface area contributed by atoms with E-state index in [0.717, 1.165) is 5.56 Å². The van der Waals surface area contributed by atoms with Crippen molar-refractivity contribution in [3.8, 4) is 16.9 Å². The maximum Gasteiger partial charge on any atom is 0.410 e. The number of hydrogen-bond donors (Lipinski definition) is 1. The highest BCUT2D eigenvalue weighted by atomic mass is 35.5. The zero-order chi connectivity index (χ0) is 25.5. The number of rotatable bonds is 5. The van der Waals surface area contributed by atoms with E-state index >= 15 is 0 Å². The number of aromatic nitrogens is 3. The lowest BCUT2D eigenvalue weighted by atomic mass is 10.1. The summed E-state index contributed by atoms with van der Waals surface area (Å²) in [5, 5.41) is 4.65. The first-order valence-electron chi connectivity index (χ1n) is 11.0. The van der Waals surface area contributed by atoms with Gasteiger partial charge in [-0.3, -0.25) is 4.68 Å². The number of carbonyl (C=O) groups excluding carboxylic acids is 1. The van der Waals surface area contributed by atoms with Gasteiger partial charge in [0.15, 0.2) is 0 Å². The molecule has 0 spiro atoms. The highest BCUT2D eigenvalue weighted by Gasteiger charge is 2.35. The quantitative estimate of drug-likeness (QED) is 0.419. The molecule has 4 rings (SSSR count). The van der Waals surface area contributed by atoms with E-state index in [4.69, 9.17) is 38.4 Å². The molecule has 0 aliphatic carbocycles. The van der Waals surface area contributed by atoms with Crippen LogP contribution in [-0.4, -0.2) is 44.4 Å². The minimum absolute atomic E-state index is 0.0196. The van der Waals surface area contributed by atoms with Gasteiger partial charge in [0.25, 0.3) is 0 Å². The van der Waals surface area contributed by atoms with Crippen molar-refractivity contribution in [1.29, 1.82) is 0 Å². The van der Waals surface area contributed by atoms with E-state index in [9.17, 15) is 9.18 Å². The van der Waals surface area contributed by atoms with Crippen LogP contribution in [0, 0.1) is 5.82 Å². The van der Waals surface area contributed by atoms with Gasteiger partial charge in [-0.25, -0.2) is 14.2 Å². The third kappa shape index (κ3) is 5.46. The molecule has 8 nitrogen and oxygen atoms in total. The summed E-state index contributed by atoms with van der Waals surface area (Å²) < 4.78 is 27.3. The van der Waals surface area contributed by atoms with Gasteiger partial charge in [0, 0.05) is 53.3 Å². The van der Waals surface area contributed by atoms with Crippen LogP contribution < -0.4 is 10.5 Å². The van der Waals surface area contributed by atoms with Crippen LogP contribution >= 0.6 is 23.2 Å². The van der Waals surface area contributed by atoms with E-state index < -0.39 is 17.5 Å². The van der Waals surface area contributed by atoms with Gasteiger partial charge in [-0.2, -0.15) is 5.10 Å². The van der Waals surface area contributed by atoms with E-state index in [0.29, 0.717) is 35.0 Å². The van der Waals surface area contributed by atoms with Crippen molar-refractivity contribution in [3.63, 3.8) is 0 Å². The number of likely N-dealkylation sites (tertiary alicyclic amines) is 1. The highest BCUT2D eigenvalue weighted by molar-refractivity contribution is 6.36. The van der Waals surface area contributed by atoms with Crippen molar-refractivity contribution in [2.45, 2.75) is 45.4 Å². The van der Waals surface area contributed by atoms with Gasteiger partial charge in [0.05, 0.1) is 17.3 Å². The molecule has 186 valence electrons. The van der Waals surface area contributed by atoms with Crippen molar-refractivity contribution < 1.29 is 18.7 Å². The van der Waals surface area contributed by atoms with E-state index in [2.05, 4.69) is 10.1 Å². The smallest absolute Gasteiger partial charge is 0.410 e. The molecule has 1 aliphatic heterocycles. The van der Waals surface area contributed by atoms with Gasteiger partial charge in [-0.15, -0.1) is 0 Å². The lowest BCUT2D eigenvalue weighted by molar-refractivity contribution is -0.000382. The SMILES string of the molecule is CC(Oc1cc(N)ncc1-c1cnn(C2CN(C(=O)OC(C)(C)C)C2)c1)c1c(Cl)ccc(F)c1Cl. The van der Waals surface area contributed by atoms with Gasteiger partial charge in [-0.1, -0.05) is 23.2 Å². The van der Waals surface area contributed by atoms with Gasteiger partial charge in [-0.05, 0) is 39.8 Å². The summed E-state index contributed by atoms with van der Waals surface area (Å²) in [7, 11) is 0. The summed E-state index contributed by atoms with van der Waals surface area (Å²) in [6.45, 7) is 8.20. The average molecular weight is 522 g/mol. The second kappa shape index (κ2) is 9.54. The van der Waals surface area contributed by atoms with Crippen LogP contribution in [0.1, 0.15) is 45.4 Å². The third-order valence-electron chi connectivity index (χ3n) is 5.48. The molecule has 0 radical (unpaired) electrons. The summed E-state index contributed by atoms with van der Waals surface area (Å²) >= 11 is 12.4. The molecule has 0 bridgehead atoms. The fraction of sp³-hybridized carbons (Fsp3) is 0.375. The lowest BCUT2D eigenvalue weighted by Crippen LogP contribution is -2.52. The third-order valence-corrected chi connectivity index (χ3v) is 6.19. The zero-order valence-corrected chi connectivity index (χ0v) is 21.3. The lowest BCUT2D eigenvalue weighted by Gasteiger charge is -2.39. The van der Waals surface area contributed by atoms with Crippen molar-refractivity contribution in [3.05, 3.63) is 58.2 Å². The second-order valence-electron chi connectivity index (χ2n) is 9.37. The number of pyridine rings is 1. The van der Waals surface area contributed by atoms with Crippen LogP contribution in [0.25, 0.3) is 11.1 Å². The van der Waals surface area contributed by atoms with Crippen molar-refractivity contribution in [1.82, 2.24) is 19.7 Å². The van der Waals surface area contributed by atoms with Crippen molar-refractivity contribution >= 4 is 35.1 Å². The van der Waals surface area contributed by atoms with Gasteiger partial charge < -0.3 is 20.1 Å². The molecule has 1 aliphatic rings. The number of benzene rings is 1. The van der Waals surface area contributed by atoms with E-state index in [1.165, 1.54) is 12.1 Å². The minimum atomic E-state index is -0.671. The molecular formula is C24H26Cl2FN5O3. The molecule has 35 heavy (non-hydrogen) atoms. The van der Waals surface area contributed by atoms with Crippen LogP contribution in [0.15, 0.2) is 36.8 Å². The predicted molar refractivity (Wildman–Crippen MR) is 132 cm³/mol. The molecule has 1 atom stereocenters. The Kier molecular flexibility index (Phi) is 6.83. The van der Waals surface area contributed by atoms with Crippen LogP contribution in [0.4, 0.5) is 15.0 Å². The summed E-state index contributed by atoms with van der Waals surface area (Å²) in [6, 6.07) is 4.24. The maximum absolute atomic E-state index is 14.0. The van der Waals surface area contributed by atoms with Crippen molar-refractivity contribution in [2.75, 3.05) is 18.8 Å². The molecule has 2 aromatic heterocycles. The average Bonchev–Trinajstić information content (AvgIpc) is 3.18. The fourth-order valence-corrected chi connectivity index (χ4v) is 4.38. The topological polar surface area (TPSA) is 95.5 Å². The van der Waals surface area contributed by atoms with E-state index in [1.807, 2.05) is 27.0 Å². The van der Waals surface area contributed by atoms with Crippen molar-refractivity contribution in [2.24, 2.45) is 0 Å². The molecule has 2 N–H and O–H groups in total. The number of halogens is 3. The zero-order valence-electron chi connectivity index (χ0n) is 19.8. The Balaban J connectivity index is 1.52. The van der Waals surface area contributed by atoms with E-state index in [-0.39, 0.29) is 23.0 Å². The Bertz CT molecular complexity index is 1250. The standard InChI is InChI=1S/C24H26Cl2FN5O3/c1-13(21-17(25)5-6-18(27)22(21)26)34-19-7-20(28)29-9-16(19)14-8-30-32(10-14)15-11-31(12-15)23(33)35-24(2,3)4/h5-10,13,15H,11-12H2,1-4H3,(H2,28,29).